The van der Waals surface area contributed by atoms with Crippen LogP contribution in [0.15, 0.2) is 12.8 Å². The van der Waals surface area contributed by atoms with Crippen LogP contribution in [0, 0.1) is 6.92 Å². The van der Waals surface area contributed by atoms with Crippen molar-refractivity contribution < 1.29 is 0 Å². The molecule has 0 aliphatic rings. The van der Waals surface area contributed by atoms with E-state index in [2.05, 4.69) is 21.6 Å². The molecule has 0 fully saturated rings. The maximum atomic E-state index is 4.35. The third-order valence-electron chi connectivity index (χ3n) is 2.01. The molecule has 2 aromatic heterocycles. The van der Waals surface area contributed by atoms with Crippen LogP contribution in [-0.2, 0) is 7.05 Å². The molecular formula is C10H12N4. The van der Waals surface area contributed by atoms with Crippen LogP contribution in [0.5, 0.6) is 0 Å². The quantitative estimate of drug-likeness (QED) is 0.684. The molecule has 2 aromatic rings. The maximum Gasteiger partial charge on any atom is 0.185 e. The minimum atomic E-state index is 0.731. The van der Waals surface area contributed by atoms with Crippen molar-refractivity contribution in [3.8, 4) is 0 Å². The van der Waals surface area contributed by atoms with Crippen molar-refractivity contribution in [3.05, 3.63) is 24.3 Å². The number of allylic oxidation sites excluding steroid dienone is 1. The molecule has 0 amide bonds. The number of aromatic nitrogens is 4. The second-order valence-corrected chi connectivity index (χ2v) is 3.44. The van der Waals surface area contributed by atoms with Gasteiger partial charge in [-0.05, 0) is 19.4 Å². The molecular weight excluding hydrogens is 176 g/mol. The number of hydrogen-bond acceptors (Lipinski definition) is 3. The number of rotatable bonds is 1. The second kappa shape index (κ2) is 2.90. The molecule has 0 spiro atoms. The molecule has 0 aliphatic carbocycles. The topological polar surface area (TPSA) is 43.6 Å². The summed E-state index contributed by atoms with van der Waals surface area (Å²) in [7, 11) is 1.87. The summed E-state index contributed by atoms with van der Waals surface area (Å²) < 4.78 is 1.74. The predicted molar refractivity (Wildman–Crippen MR) is 55.7 cm³/mol. The van der Waals surface area contributed by atoms with Gasteiger partial charge in [-0.15, -0.1) is 0 Å². The van der Waals surface area contributed by atoms with Crippen molar-refractivity contribution in [2.24, 2.45) is 7.05 Å². The lowest BCUT2D eigenvalue weighted by Gasteiger charge is -2.00. The summed E-state index contributed by atoms with van der Waals surface area (Å²) in [6.07, 6.45) is 1.92. The average Bonchev–Trinajstić information content (AvgIpc) is 2.42. The van der Waals surface area contributed by atoms with Gasteiger partial charge in [0.25, 0.3) is 0 Å². The van der Waals surface area contributed by atoms with E-state index in [1.54, 1.807) is 4.68 Å². The largest absolute Gasteiger partial charge is 0.273 e. The molecule has 2 heterocycles. The Balaban J connectivity index is 2.85. The third-order valence-corrected chi connectivity index (χ3v) is 2.01. The van der Waals surface area contributed by atoms with Crippen LogP contribution in [0.4, 0.5) is 0 Å². The van der Waals surface area contributed by atoms with Gasteiger partial charge in [0.15, 0.2) is 5.65 Å². The van der Waals surface area contributed by atoms with E-state index in [1.165, 1.54) is 0 Å². The molecule has 4 nitrogen and oxygen atoms in total. The van der Waals surface area contributed by atoms with Gasteiger partial charge in [-0.25, -0.2) is 9.97 Å². The average molecular weight is 188 g/mol. The van der Waals surface area contributed by atoms with Crippen molar-refractivity contribution in [3.63, 3.8) is 0 Å². The van der Waals surface area contributed by atoms with Gasteiger partial charge in [-0.2, -0.15) is 5.10 Å². The zero-order valence-electron chi connectivity index (χ0n) is 8.57. The van der Waals surface area contributed by atoms with Crippen LogP contribution in [0.2, 0.25) is 0 Å². The van der Waals surface area contributed by atoms with Gasteiger partial charge in [-0.1, -0.05) is 6.58 Å². The molecule has 0 aliphatic heterocycles. The fraction of sp³-hybridized carbons (Fsp3) is 0.300. The molecule has 0 atom stereocenters. The molecule has 0 N–H and O–H groups in total. The lowest BCUT2D eigenvalue weighted by molar-refractivity contribution is 0.775. The first kappa shape index (κ1) is 8.87. The summed E-state index contributed by atoms with van der Waals surface area (Å²) in [5.74, 6) is 0.731. The van der Waals surface area contributed by atoms with E-state index < -0.39 is 0 Å². The van der Waals surface area contributed by atoms with Crippen molar-refractivity contribution in [2.75, 3.05) is 0 Å². The Hall–Kier alpha value is -1.71. The lowest BCUT2D eigenvalue weighted by atomic mass is 10.2. The highest BCUT2D eigenvalue weighted by atomic mass is 15.3. The van der Waals surface area contributed by atoms with Crippen LogP contribution in [0.1, 0.15) is 18.4 Å². The zero-order valence-corrected chi connectivity index (χ0v) is 8.57. The SMILES string of the molecule is C=C(C)c1nc(C)nc2nn(C)cc12. The fourth-order valence-electron chi connectivity index (χ4n) is 1.45. The molecule has 2 rings (SSSR count). The smallest absolute Gasteiger partial charge is 0.185 e. The maximum absolute atomic E-state index is 4.35. The molecule has 0 radical (unpaired) electrons. The molecule has 0 aromatic carbocycles. The van der Waals surface area contributed by atoms with E-state index in [1.807, 2.05) is 27.1 Å². The highest BCUT2D eigenvalue weighted by molar-refractivity contribution is 5.86. The Bertz CT molecular complexity index is 510. The summed E-state index contributed by atoms with van der Waals surface area (Å²) in [6.45, 7) is 7.70. The van der Waals surface area contributed by atoms with E-state index >= 15 is 0 Å². The van der Waals surface area contributed by atoms with Crippen LogP contribution < -0.4 is 0 Å². The number of fused-ring (bicyclic) bond motifs is 1. The molecule has 0 unspecified atom stereocenters. The Morgan fingerprint density at radius 2 is 2.14 bits per heavy atom. The first-order valence-corrected chi connectivity index (χ1v) is 4.42. The van der Waals surface area contributed by atoms with E-state index in [0.717, 1.165) is 28.1 Å². The van der Waals surface area contributed by atoms with Crippen LogP contribution in [0.3, 0.4) is 0 Å². The predicted octanol–water partition coefficient (Wildman–Crippen LogP) is 1.70. The first-order valence-electron chi connectivity index (χ1n) is 4.42. The molecule has 0 saturated heterocycles. The molecule has 4 heteroatoms. The summed E-state index contributed by atoms with van der Waals surface area (Å²) >= 11 is 0. The molecule has 14 heavy (non-hydrogen) atoms. The second-order valence-electron chi connectivity index (χ2n) is 3.44. The number of aryl methyl sites for hydroxylation is 2. The van der Waals surface area contributed by atoms with Crippen molar-refractivity contribution in [1.82, 2.24) is 19.7 Å². The van der Waals surface area contributed by atoms with E-state index in [0.29, 0.717) is 0 Å². The summed E-state index contributed by atoms with van der Waals surface area (Å²) in [5, 5.41) is 5.20. The van der Waals surface area contributed by atoms with Crippen molar-refractivity contribution in [1.29, 1.82) is 0 Å². The van der Waals surface area contributed by atoms with E-state index in [9.17, 15) is 0 Å². The van der Waals surface area contributed by atoms with Gasteiger partial charge < -0.3 is 0 Å². The van der Waals surface area contributed by atoms with Crippen molar-refractivity contribution >= 4 is 16.6 Å². The van der Waals surface area contributed by atoms with Gasteiger partial charge in [0.2, 0.25) is 0 Å². The Morgan fingerprint density at radius 1 is 1.43 bits per heavy atom. The fourth-order valence-corrected chi connectivity index (χ4v) is 1.45. The summed E-state index contributed by atoms with van der Waals surface area (Å²) in [5.41, 5.74) is 2.56. The standard InChI is InChI=1S/C10H12N4/c1-6(2)9-8-5-14(4)13-10(8)12-7(3)11-9/h5H,1H2,2-4H3. The minimum absolute atomic E-state index is 0.731. The van der Waals surface area contributed by atoms with Gasteiger partial charge in [0.1, 0.15) is 5.82 Å². The van der Waals surface area contributed by atoms with Gasteiger partial charge in [0.05, 0.1) is 11.1 Å². The lowest BCUT2D eigenvalue weighted by Crippen LogP contribution is -1.94. The highest BCUT2D eigenvalue weighted by Gasteiger charge is 2.08. The molecule has 0 bridgehead atoms. The summed E-state index contributed by atoms with van der Waals surface area (Å²) in [6, 6.07) is 0. The monoisotopic (exact) mass is 188 g/mol. The zero-order chi connectivity index (χ0) is 10.3. The summed E-state index contributed by atoms with van der Waals surface area (Å²) in [4.78, 5) is 8.61. The van der Waals surface area contributed by atoms with Crippen molar-refractivity contribution in [2.45, 2.75) is 13.8 Å². The van der Waals surface area contributed by atoms with E-state index in [4.69, 9.17) is 0 Å². The minimum Gasteiger partial charge on any atom is -0.273 e. The van der Waals surface area contributed by atoms with E-state index in [-0.39, 0.29) is 0 Å². The normalized spacial score (nSPS) is 10.8. The Labute approximate surface area is 82.3 Å². The highest BCUT2D eigenvalue weighted by Crippen LogP contribution is 2.19. The first-order chi connectivity index (χ1) is 6.58. The number of hydrogen-bond donors (Lipinski definition) is 0. The Kier molecular flexibility index (Phi) is 1.84. The number of nitrogens with zero attached hydrogens (tertiary/aromatic N) is 4. The van der Waals surface area contributed by atoms with Crippen LogP contribution in [0.25, 0.3) is 16.6 Å². The third kappa shape index (κ3) is 1.28. The van der Waals surface area contributed by atoms with Gasteiger partial charge in [-0.3, -0.25) is 4.68 Å². The molecule has 0 saturated carbocycles. The van der Waals surface area contributed by atoms with Crippen LogP contribution in [-0.4, -0.2) is 19.7 Å². The molecule has 72 valence electrons. The Morgan fingerprint density at radius 3 is 2.79 bits per heavy atom. The van der Waals surface area contributed by atoms with Crippen LogP contribution >= 0.6 is 0 Å². The van der Waals surface area contributed by atoms with Gasteiger partial charge in [0, 0.05) is 13.2 Å². The van der Waals surface area contributed by atoms with Gasteiger partial charge >= 0.3 is 0 Å².